The van der Waals surface area contributed by atoms with E-state index in [9.17, 15) is 19.6 Å². The fraction of sp³-hybridized carbons (Fsp3) is 0.354. The summed E-state index contributed by atoms with van der Waals surface area (Å²) in [5.41, 5.74) is 0.614. The number of nitrogens with zero attached hydrogens (tertiary/aromatic N) is 4. The number of esters is 1. The molecule has 336 valence electrons. The summed E-state index contributed by atoms with van der Waals surface area (Å²) in [5, 5.41) is 12.1. The second-order valence-corrected chi connectivity index (χ2v) is 16.8. The predicted molar refractivity (Wildman–Crippen MR) is 241 cm³/mol. The number of carbonyl (C=O) groups is 2. The van der Waals surface area contributed by atoms with Crippen molar-refractivity contribution in [2.24, 2.45) is 0 Å². The molecule has 4 aromatic carbocycles. The molecule has 1 fully saturated rings. The average molecular weight is 892 g/mol. The SMILES string of the molecule is COc1ccc(C(OC[C@@H]2O[C@@H](n3ccc(NC(=O)c4ccccc4)nc3=O)[C@H](OC(C)=O)[C@H]2OP(OCCC#N)N(C(C)C)C(C)C)(c2ccccc2)c2ccc(OC)cc2)cc1. The second-order valence-electron chi connectivity index (χ2n) is 15.4. The molecule has 1 unspecified atom stereocenters. The maximum Gasteiger partial charge on any atom is 0.351 e. The molecule has 1 amide bonds. The average Bonchev–Trinajstić information content (AvgIpc) is 3.62. The van der Waals surface area contributed by atoms with Crippen molar-refractivity contribution < 1.29 is 42.3 Å². The number of aromatic nitrogens is 2. The number of amides is 1. The van der Waals surface area contributed by atoms with E-state index in [0.29, 0.717) is 17.1 Å². The smallest absolute Gasteiger partial charge is 0.351 e. The number of ether oxygens (including phenoxy) is 5. The first-order valence-corrected chi connectivity index (χ1v) is 22.0. The Morgan fingerprint density at radius 2 is 1.41 bits per heavy atom. The molecular formula is C48H54N5O10P. The molecule has 15 nitrogen and oxygen atoms in total. The Morgan fingerprint density at radius 3 is 1.92 bits per heavy atom. The van der Waals surface area contributed by atoms with Crippen LogP contribution in [0.5, 0.6) is 11.5 Å². The van der Waals surface area contributed by atoms with Crippen LogP contribution in [-0.2, 0) is 33.7 Å². The lowest BCUT2D eigenvalue weighted by Gasteiger charge is -2.39. The van der Waals surface area contributed by atoms with Crippen molar-refractivity contribution in [2.75, 3.05) is 32.8 Å². The molecule has 5 atom stereocenters. The molecule has 64 heavy (non-hydrogen) atoms. The Kier molecular flexibility index (Phi) is 16.4. The molecule has 0 aliphatic carbocycles. The highest BCUT2D eigenvalue weighted by atomic mass is 31.2. The molecule has 1 saturated heterocycles. The van der Waals surface area contributed by atoms with E-state index in [1.54, 1.807) is 44.6 Å². The van der Waals surface area contributed by atoms with Gasteiger partial charge in [0.05, 0.1) is 39.9 Å². The van der Waals surface area contributed by atoms with Crippen LogP contribution in [0.25, 0.3) is 0 Å². The van der Waals surface area contributed by atoms with Gasteiger partial charge >= 0.3 is 11.7 Å². The van der Waals surface area contributed by atoms with Crippen molar-refractivity contribution in [1.29, 1.82) is 5.26 Å². The number of anilines is 1. The first-order valence-electron chi connectivity index (χ1n) is 20.9. The summed E-state index contributed by atoms with van der Waals surface area (Å²) in [5.74, 6) is 0.196. The highest BCUT2D eigenvalue weighted by Gasteiger charge is 2.52. The number of hydrogen-bond acceptors (Lipinski definition) is 13. The Balaban J connectivity index is 1.47. The molecule has 1 aromatic heterocycles. The fourth-order valence-corrected chi connectivity index (χ4v) is 9.41. The van der Waals surface area contributed by atoms with Gasteiger partial charge in [0.1, 0.15) is 35.1 Å². The number of carbonyl (C=O) groups excluding carboxylic acids is 2. The minimum absolute atomic E-state index is 0.00960. The summed E-state index contributed by atoms with van der Waals surface area (Å²) in [6.07, 6.45) is -3.13. The molecule has 0 radical (unpaired) electrons. The number of methoxy groups -OCH3 is 2. The number of nitriles is 1. The van der Waals surface area contributed by atoms with Gasteiger partial charge in [-0.15, -0.1) is 0 Å². The van der Waals surface area contributed by atoms with Gasteiger partial charge in [0.2, 0.25) is 0 Å². The van der Waals surface area contributed by atoms with Crippen molar-refractivity contribution in [1.82, 2.24) is 14.2 Å². The third-order valence-electron chi connectivity index (χ3n) is 10.5. The van der Waals surface area contributed by atoms with Gasteiger partial charge in [0.25, 0.3) is 14.4 Å². The zero-order valence-electron chi connectivity index (χ0n) is 37.0. The Hall–Kier alpha value is -5.98. The van der Waals surface area contributed by atoms with Crippen molar-refractivity contribution in [2.45, 2.75) is 83.3 Å². The van der Waals surface area contributed by atoms with Gasteiger partial charge in [-0.3, -0.25) is 14.2 Å². The lowest BCUT2D eigenvalue weighted by atomic mass is 9.80. The van der Waals surface area contributed by atoms with Gasteiger partial charge in [-0.2, -0.15) is 10.2 Å². The van der Waals surface area contributed by atoms with Crippen molar-refractivity contribution in [3.05, 3.63) is 154 Å². The van der Waals surface area contributed by atoms with Crippen LogP contribution in [0.1, 0.15) is 74.3 Å². The molecule has 2 heterocycles. The third-order valence-corrected chi connectivity index (χ3v) is 12.6. The Labute approximate surface area is 374 Å². The van der Waals surface area contributed by atoms with Crippen LogP contribution in [0.3, 0.4) is 0 Å². The first kappa shape index (κ1) is 47.5. The molecule has 1 aliphatic rings. The van der Waals surface area contributed by atoms with Crippen LogP contribution in [0.15, 0.2) is 126 Å². The van der Waals surface area contributed by atoms with E-state index in [4.69, 9.17) is 32.7 Å². The van der Waals surface area contributed by atoms with Crippen molar-refractivity contribution in [3.8, 4) is 17.6 Å². The van der Waals surface area contributed by atoms with E-state index >= 15 is 0 Å². The van der Waals surface area contributed by atoms with Crippen molar-refractivity contribution >= 4 is 26.2 Å². The molecule has 16 heteroatoms. The molecule has 0 saturated carbocycles. The van der Waals surface area contributed by atoms with Gasteiger partial charge in [-0.25, -0.2) is 9.46 Å². The molecule has 0 spiro atoms. The third kappa shape index (κ3) is 11.0. The monoisotopic (exact) mass is 891 g/mol. The standard InChI is InChI=1S/C48H54N5O10P/c1-32(2)53(33(3)4)64(60-30-14-28-49)63-43-41(62-46(44(43)61-34(5)54)52-29-27-42(51-47(52)56)50-45(55)35-15-10-8-11-16-35)31-59-48(36-17-12-9-13-18-36,37-19-23-39(57-6)24-20-37)38-21-25-40(58-7)26-22-38/h8-13,15-27,29,32-33,41,43-44,46H,14,30-31H2,1-7H3,(H,50,51,55,56)/t41-,43-,44+,46+,64?/m0/s1. The Morgan fingerprint density at radius 1 is 0.844 bits per heavy atom. The van der Waals surface area contributed by atoms with Crippen LogP contribution in [0, 0.1) is 11.3 Å². The number of benzene rings is 4. The van der Waals surface area contributed by atoms with Crippen LogP contribution >= 0.6 is 8.53 Å². The van der Waals surface area contributed by atoms with E-state index in [0.717, 1.165) is 16.7 Å². The summed E-state index contributed by atoms with van der Waals surface area (Å²) in [7, 11) is 1.25. The second kappa shape index (κ2) is 22.1. The summed E-state index contributed by atoms with van der Waals surface area (Å²) in [4.78, 5) is 44.2. The van der Waals surface area contributed by atoms with Gasteiger partial charge in [0.15, 0.2) is 12.3 Å². The van der Waals surface area contributed by atoms with Crippen LogP contribution < -0.4 is 20.5 Å². The number of hydrogen-bond donors (Lipinski definition) is 1. The van der Waals surface area contributed by atoms with E-state index in [1.165, 1.54) is 23.8 Å². The number of nitrogens with one attached hydrogen (secondary N) is 1. The highest BCUT2D eigenvalue weighted by Crippen LogP contribution is 2.51. The number of rotatable bonds is 20. The zero-order valence-corrected chi connectivity index (χ0v) is 37.8. The largest absolute Gasteiger partial charge is 0.497 e. The maximum atomic E-state index is 14.0. The quantitative estimate of drug-likeness (QED) is 0.0345. The predicted octanol–water partition coefficient (Wildman–Crippen LogP) is 8.01. The fourth-order valence-electron chi connectivity index (χ4n) is 7.64. The molecule has 5 aromatic rings. The zero-order chi connectivity index (χ0) is 45.8. The molecule has 0 bridgehead atoms. The van der Waals surface area contributed by atoms with E-state index in [1.807, 2.05) is 111 Å². The maximum absolute atomic E-state index is 14.0. The van der Waals surface area contributed by atoms with Gasteiger partial charge < -0.3 is 38.0 Å². The van der Waals surface area contributed by atoms with Crippen LogP contribution in [0.4, 0.5) is 5.82 Å². The topological polar surface area (TPSA) is 173 Å². The van der Waals surface area contributed by atoms with Gasteiger partial charge in [0, 0.05) is 30.8 Å². The summed E-state index contributed by atoms with van der Waals surface area (Å²) in [6, 6.07) is 36.8. The molecular weight excluding hydrogens is 838 g/mol. The lowest BCUT2D eigenvalue weighted by molar-refractivity contribution is -0.155. The van der Waals surface area contributed by atoms with Crippen molar-refractivity contribution in [3.63, 3.8) is 0 Å². The van der Waals surface area contributed by atoms with E-state index < -0.39 is 56.2 Å². The van der Waals surface area contributed by atoms with Gasteiger partial charge in [-0.05, 0) is 86.8 Å². The summed E-state index contributed by atoms with van der Waals surface area (Å²) < 4.78 is 47.8. The van der Waals surface area contributed by atoms with Crippen LogP contribution in [0.2, 0.25) is 0 Å². The summed E-state index contributed by atoms with van der Waals surface area (Å²) in [6.45, 7) is 9.18. The molecule has 1 aliphatic heterocycles. The molecule has 1 N–H and O–H groups in total. The minimum Gasteiger partial charge on any atom is -0.497 e. The molecule has 6 rings (SSSR count). The van der Waals surface area contributed by atoms with Gasteiger partial charge in [-0.1, -0.05) is 72.8 Å². The van der Waals surface area contributed by atoms with Crippen LogP contribution in [-0.4, -0.2) is 83.9 Å². The lowest BCUT2D eigenvalue weighted by Crippen LogP contribution is -2.43. The highest BCUT2D eigenvalue weighted by molar-refractivity contribution is 7.44. The minimum atomic E-state index is -1.94. The normalized spacial score (nSPS) is 17.8. The van der Waals surface area contributed by atoms with E-state index in [-0.39, 0.29) is 37.5 Å². The first-order chi connectivity index (χ1) is 30.9. The Bertz CT molecular complexity index is 2340. The van der Waals surface area contributed by atoms with E-state index in [2.05, 4.69) is 16.4 Å². The summed E-state index contributed by atoms with van der Waals surface area (Å²) >= 11 is 0.